The largest absolute Gasteiger partial charge is 0.375 e. The zero-order chi connectivity index (χ0) is 40.8. The Kier molecular flexibility index (Phi) is 7.93. The standard InChI is InChI=1S/C58H43BN2/c1-58(2,3)44-31-32-45-46-27-18-29-52-57(46)60(54(45)37-44)53-30-17-16-28-51(53)59(52)61-55-47(40-23-12-6-13-24-40)33-42(38-19-8-4-9-20-38)35-49(55)50-36-43(39-21-10-5-11-22-39)34-48(56(50)61)41-25-14-7-15-26-41/h4-37H,1-3H3. The molecule has 0 amide bonds. The van der Waals surface area contributed by atoms with E-state index >= 15 is 0 Å². The third kappa shape index (κ3) is 5.50. The van der Waals surface area contributed by atoms with Crippen LogP contribution in [0.15, 0.2) is 206 Å². The van der Waals surface area contributed by atoms with E-state index in [9.17, 15) is 0 Å². The maximum absolute atomic E-state index is 2.73. The SMILES string of the molecule is CC(C)(C)c1ccc2c3cccc4c3n(c2c1)-c1ccccc1B4n1c2c(-c3ccccc3)cc(-c3ccccc3)cc2c2cc(-c3ccccc3)cc(-c3ccccc3)c21. The van der Waals surface area contributed by atoms with Gasteiger partial charge in [0.1, 0.15) is 0 Å². The fourth-order valence-corrected chi connectivity index (χ4v) is 10.2. The van der Waals surface area contributed by atoms with E-state index in [-0.39, 0.29) is 12.3 Å². The Hall–Kier alpha value is -7.36. The Labute approximate surface area is 357 Å². The van der Waals surface area contributed by atoms with Gasteiger partial charge in [0.15, 0.2) is 0 Å². The van der Waals surface area contributed by atoms with Crippen LogP contribution < -0.4 is 10.9 Å². The highest BCUT2D eigenvalue weighted by atomic mass is 15.0. The molecule has 2 aromatic heterocycles. The van der Waals surface area contributed by atoms with Crippen molar-refractivity contribution in [1.82, 2.24) is 9.05 Å². The van der Waals surface area contributed by atoms with Crippen LogP contribution in [0.3, 0.4) is 0 Å². The smallest absolute Gasteiger partial charge is 0.332 e. The molecule has 3 heteroatoms. The van der Waals surface area contributed by atoms with Crippen LogP contribution in [0.4, 0.5) is 0 Å². The molecule has 0 unspecified atom stereocenters. The molecule has 0 aliphatic carbocycles. The summed E-state index contributed by atoms with van der Waals surface area (Å²) in [6, 6.07) is 76.9. The molecule has 0 saturated heterocycles. The van der Waals surface area contributed by atoms with Gasteiger partial charge in [-0.05, 0) is 91.7 Å². The van der Waals surface area contributed by atoms with E-state index in [0.29, 0.717) is 0 Å². The number of benzene rings is 9. The minimum atomic E-state index is -0.131. The van der Waals surface area contributed by atoms with Crippen LogP contribution in [0.25, 0.3) is 93.8 Å². The van der Waals surface area contributed by atoms with E-state index in [1.165, 1.54) is 110 Å². The zero-order valence-electron chi connectivity index (χ0n) is 34.6. The summed E-state index contributed by atoms with van der Waals surface area (Å²) in [5, 5.41) is 5.07. The maximum Gasteiger partial charge on any atom is 0.332 e. The summed E-state index contributed by atoms with van der Waals surface area (Å²) in [5.41, 5.74) is 19.9. The van der Waals surface area contributed by atoms with Gasteiger partial charge in [0.25, 0.3) is 0 Å². The Bertz CT molecular complexity index is 3340. The van der Waals surface area contributed by atoms with Crippen molar-refractivity contribution in [2.24, 2.45) is 0 Å². The van der Waals surface area contributed by atoms with Crippen LogP contribution in [0.2, 0.25) is 0 Å². The summed E-state index contributed by atoms with van der Waals surface area (Å²) >= 11 is 0. The molecule has 0 radical (unpaired) electrons. The average Bonchev–Trinajstić information content (AvgIpc) is 3.83. The molecule has 1 aliphatic heterocycles. The quantitative estimate of drug-likeness (QED) is 0.154. The van der Waals surface area contributed by atoms with E-state index in [1.807, 2.05) is 0 Å². The molecule has 61 heavy (non-hydrogen) atoms. The lowest BCUT2D eigenvalue weighted by Crippen LogP contribution is -2.53. The molecular formula is C58H43BN2. The molecular weight excluding hydrogens is 735 g/mol. The summed E-state index contributed by atoms with van der Waals surface area (Å²) < 4.78 is 5.29. The molecule has 0 spiro atoms. The molecule has 9 aromatic carbocycles. The van der Waals surface area contributed by atoms with Gasteiger partial charge >= 0.3 is 6.85 Å². The predicted octanol–water partition coefficient (Wildman–Crippen LogP) is 13.8. The Morgan fingerprint density at radius 3 is 1.39 bits per heavy atom. The third-order valence-corrected chi connectivity index (χ3v) is 13.1. The summed E-state index contributed by atoms with van der Waals surface area (Å²) in [6.07, 6.45) is 0. The van der Waals surface area contributed by atoms with Gasteiger partial charge in [-0.1, -0.05) is 191 Å². The van der Waals surface area contributed by atoms with Crippen molar-refractivity contribution in [2.45, 2.75) is 26.2 Å². The van der Waals surface area contributed by atoms with E-state index in [1.54, 1.807) is 0 Å². The number of fused-ring (bicyclic) bond motifs is 8. The molecule has 12 rings (SSSR count). The number of aromatic nitrogens is 2. The fraction of sp³-hybridized carbons (Fsp3) is 0.0690. The molecule has 0 fully saturated rings. The van der Waals surface area contributed by atoms with Gasteiger partial charge in [-0.25, -0.2) is 0 Å². The number of hydrogen-bond acceptors (Lipinski definition) is 0. The van der Waals surface area contributed by atoms with E-state index in [2.05, 4.69) is 236 Å². The van der Waals surface area contributed by atoms with Crippen LogP contribution in [-0.4, -0.2) is 15.9 Å². The van der Waals surface area contributed by atoms with Gasteiger partial charge in [0.2, 0.25) is 0 Å². The first kappa shape index (κ1) is 35.6. The normalized spacial score (nSPS) is 12.5. The van der Waals surface area contributed by atoms with Crippen molar-refractivity contribution in [1.29, 1.82) is 0 Å². The lowest BCUT2D eigenvalue weighted by Gasteiger charge is -2.29. The first-order valence-electron chi connectivity index (χ1n) is 21.5. The second-order valence-corrected chi connectivity index (χ2v) is 17.7. The molecule has 0 atom stereocenters. The first-order valence-corrected chi connectivity index (χ1v) is 21.5. The van der Waals surface area contributed by atoms with Crippen molar-refractivity contribution in [2.75, 3.05) is 0 Å². The molecule has 0 bridgehead atoms. The highest BCUT2D eigenvalue weighted by Gasteiger charge is 2.37. The van der Waals surface area contributed by atoms with Crippen LogP contribution in [0, 0.1) is 0 Å². The molecule has 0 N–H and O–H groups in total. The molecule has 2 nitrogen and oxygen atoms in total. The van der Waals surface area contributed by atoms with Gasteiger partial charge in [-0.15, -0.1) is 0 Å². The second-order valence-electron chi connectivity index (χ2n) is 17.7. The van der Waals surface area contributed by atoms with E-state index in [0.717, 1.165) is 0 Å². The summed E-state index contributed by atoms with van der Waals surface area (Å²) in [7, 11) is 0. The fourth-order valence-electron chi connectivity index (χ4n) is 10.2. The van der Waals surface area contributed by atoms with Gasteiger partial charge < -0.3 is 9.05 Å². The van der Waals surface area contributed by atoms with E-state index in [4.69, 9.17) is 0 Å². The maximum atomic E-state index is 2.73. The second kappa shape index (κ2) is 13.6. The topological polar surface area (TPSA) is 9.86 Å². The summed E-state index contributed by atoms with van der Waals surface area (Å²) in [6.45, 7) is 6.80. The predicted molar refractivity (Wildman–Crippen MR) is 261 cm³/mol. The van der Waals surface area contributed by atoms with Crippen molar-refractivity contribution >= 4 is 61.4 Å². The zero-order valence-corrected chi connectivity index (χ0v) is 34.6. The van der Waals surface area contributed by atoms with Crippen LogP contribution >= 0.6 is 0 Å². The monoisotopic (exact) mass is 778 g/mol. The molecule has 11 aromatic rings. The van der Waals surface area contributed by atoms with Crippen molar-refractivity contribution in [3.63, 3.8) is 0 Å². The van der Waals surface area contributed by atoms with Gasteiger partial charge in [0.05, 0.1) is 11.0 Å². The van der Waals surface area contributed by atoms with Crippen LogP contribution in [0.1, 0.15) is 26.3 Å². The lowest BCUT2D eigenvalue weighted by atomic mass is 9.48. The number of nitrogens with zero attached hydrogens (tertiary/aromatic N) is 2. The third-order valence-electron chi connectivity index (χ3n) is 13.1. The van der Waals surface area contributed by atoms with Crippen molar-refractivity contribution < 1.29 is 0 Å². The molecule has 0 saturated carbocycles. The number of rotatable bonds is 5. The Morgan fingerprint density at radius 1 is 0.361 bits per heavy atom. The highest BCUT2D eigenvalue weighted by Crippen LogP contribution is 2.46. The number of hydrogen-bond donors (Lipinski definition) is 0. The minimum Gasteiger partial charge on any atom is -0.375 e. The molecule has 288 valence electrons. The van der Waals surface area contributed by atoms with Gasteiger partial charge in [-0.2, -0.15) is 0 Å². The van der Waals surface area contributed by atoms with Crippen LogP contribution in [-0.2, 0) is 5.41 Å². The molecule has 3 heterocycles. The Balaban J connectivity index is 1.30. The Morgan fingerprint density at radius 2 is 0.852 bits per heavy atom. The van der Waals surface area contributed by atoms with Crippen molar-refractivity contribution in [3.05, 3.63) is 212 Å². The van der Waals surface area contributed by atoms with Crippen LogP contribution in [0.5, 0.6) is 0 Å². The average molecular weight is 779 g/mol. The summed E-state index contributed by atoms with van der Waals surface area (Å²) in [4.78, 5) is 0. The molecule has 1 aliphatic rings. The van der Waals surface area contributed by atoms with Crippen molar-refractivity contribution in [3.8, 4) is 50.2 Å². The lowest BCUT2D eigenvalue weighted by molar-refractivity contribution is 0.591. The first-order chi connectivity index (χ1) is 29.9. The summed E-state index contributed by atoms with van der Waals surface area (Å²) in [5.74, 6) is 0. The number of para-hydroxylation sites is 2. The van der Waals surface area contributed by atoms with E-state index < -0.39 is 0 Å². The van der Waals surface area contributed by atoms with Gasteiger partial charge in [0, 0.05) is 49.4 Å². The van der Waals surface area contributed by atoms with Gasteiger partial charge in [-0.3, -0.25) is 0 Å². The highest BCUT2D eigenvalue weighted by molar-refractivity contribution is 6.88. The minimum absolute atomic E-state index is 0.0202.